The van der Waals surface area contributed by atoms with Gasteiger partial charge in [-0.15, -0.1) is 0 Å². The Balaban J connectivity index is 2.94. The second kappa shape index (κ2) is 5.05. The zero-order chi connectivity index (χ0) is 11.3. The molecule has 0 bridgehead atoms. The first-order valence-corrected chi connectivity index (χ1v) is 4.34. The minimum absolute atomic E-state index is 0.0825. The fourth-order valence-electron chi connectivity index (χ4n) is 1.03. The van der Waals surface area contributed by atoms with Crippen LogP contribution in [0.4, 0.5) is 0 Å². The largest absolute Gasteiger partial charge is 0.507 e. The lowest BCUT2D eigenvalue weighted by molar-refractivity contribution is 0.0597. The molecule has 0 heterocycles. The number of carbonyl (C=O) groups is 1. The topological polar surface area (TPSA) is 55.8 Å². The number of carbonyl (C=O) groups excluding carboxylic acids is 1. The van der Waals surface area contributed by atoms with Crippen molar-refractivity contribution in [2.24, 2.45) is 0 Å². The zero-order valence-electron chi connectivity index (χ0n) is 8.40. The van der Waals surface area contributed by atoms with Crippen LogP contribution in [0, 0.1) is 0 Å². The summed E-state index contributed by atoms with van der Waals surface area (Å²) in [5.74, 6) is -0.252. The van der Waals surface area contributed by atoms with Gasteiger partial charge in [-0.2, -0.15) is 0 Å². The maximum Gasteiger partial charge on any atom is 0.341 e. The van der Waals surface area contributed by atoms with Crippen molar-refractivity contribution in [2.45, 2.75) is 0 Å². The van der Waals surface area contributed by atoms with Crippen LogP contribution in [0.15, 0.2) is 30.9 Å². The van der Waals surface area contributed by atoms with E-state index in [-0.39, 0.29) is 11.3 Å². The van der Waals surface area contributed by atoms with Gasteiger partial charge in [0.2, 0.25) is 0 Å². The molecule has 4 nitrogen and oxygen atoms in total. The molecule has 1 rings (SSSR count). The van der Waals surface area contributed by atoms with Crippen molar-refractivity contribution in [2.75, 3.05) is 13.7 Å². The summed E-state index contributed by atoms with van der Waals surface area (Å²) in [6, 6.07) is 4.36. The van der Waals surface area contributed by atoms with Crippen LogP contribution in [-0.4, -0.2) is 24.8 Å². The number of benzene rings is 1. The molecule has 0 atom stereocenters. The standard InChI is InChI=1S/C11H12O4/c1-3-6-15-8-4-5-10(12)9(7-8)11(13)14-2/h3-5,7,12H,1,6H2,2H3. The number of ether oxygens (including phenoxy) is 2. The van der Waals surface area contributed by atoms with Crippen molar-refractivity contribution < 1.29 is 19.4 Å². The molecule has 0 amide bonds. The third-order valence-corrected chi connectivity index (χ3v) is 1.74. The number of phenolic OH excluding ortho intramolecular Hbond substituents is 1. The van der Waals surface area contributed by atoms with Crippen molar-refractivity contribution in [3.8, 4) is 11.5 Å². The number of aromatic hydroxyl groups is 1. The third kappa shape index (κ3) is 2.74. The van der Waals surface area contributed by atoms with E-state index >= 15 is 0 Å². The molecule has 4 heteroatoms. The molecule has 80 valence electrons. The summed E-state index contributed by atoms with van der Waals surface area (Å²) < 4.78 is 9.71. The van der Waals surface area contributed by atoms with Crippen LogP contribution >= 0.6 is 0 Å². The minimum Gasteiger partial charge on any atom is -0.507 e. The lowest BCUT2D eigenvalue weighted by Gasteiger charge is -2.06. The van der Waals surface area contributed by atoms with Crippen molar-refractivity contribution >= 4 is 5.97 Å². The van der Waals surface area contributed by atoms with Crippen molar-refractivity contribution in [3.05, 3.63) is 36.4 Å². The smallest absolute Gasteiger partial charge is 0.341 e. The average Bonchev–Trinajstić information content (AvgIpc) is 2.27. The molecule has 1 aromatic rings. The van der Waals surface area contributed by atoms with Crippen molar-refractivity contribution in [1.29, 1.82) is 0 Å². The van der Waals surface area contributed by atoms with Crippen LogP contribution < -0.4 is 4.74 Å². The van der Waals surface area contributed by atoms with E-state index in [1.165, 1.54) is 19.2 Å². The van der Waals surface area contributed by atoms with Gasteiger partial charge in [0.15, 0.2) is 0 Å². The number of methoxy groups -OCH3 is 1. The molecule has 0 aliphatic carbocycles. The van der Waals surface area contributed by atoms with Gasteiger partial charge in [-0.25, -0.2) is 4.79 Å². The molecule has 0 radical (unpaired) electrons. The second-order valence-corrected chi connectivity index (χ2v) is 2.77. The molecule has 0 fully saturated rings. The summed E-state index contributed by atoms with van der Waals surface area (Å²) >= 11 is 0. The van der Waals surface area contributed by atoms with E-state index in [2.05, 4.69) is 11.3 Å². The van der Waals surface area contributed by atoms with Crippen LogP contribution in [0.1, 0.15) is 10.4 Å². The normalized spacial score (nSPS) is 9.40. The molecular formula is C11H12O4. The Kier molecular flexibility index (Phi) is 3.74. The van der Waals surface area contributed by atoms with E-state index in [4.69, 9.17) is 4.74 Å². The summed E-state index contributed by atoms with van der Waals surface area (Å²) in [7, 11) is 1.25. The van der Waals surface area contributed by atoms with Crippen molar-refractivity contribution in [1.82, 2.24) is 0 Å². The average molecular weight is 208 g/mol. The van der Waals surface area contributed by atoms with Crippen LogP contribution in [0.5, 0.6) is 11.5 Å². The SMILES string of the molecule is C=CCOc1ccc(O)c(C(=O)OC)c1. The van der Waals surface area contributed by atoms with Gasteiger partial charge in [-0.1, -0.05) is 12.7 Å². The van der Waals surface area contributed by atoms with Gasteiger partial charge < -0.3 is 14.6 Å². The minimum atomic E-state index is -0.600. The van der Waals surface area contributed by atoms with E-state index in [1.807, 2.05) is 0 Å². The highest BCUT2D eigenvalue weighted by Gasteiger charge is 2.12. The zero-order valence-corrected chi connectivity index (χ0v) is 8.40. The van der Waals surface area contributed by atoms with Crippen LogP contribution in [0.2, 0.25) is 0 Å². The van der Waals surface area contributed by atoms with E-state index in [0.29, 0.717) is 12.4 Å². The fourth-order valence-corrected chi connectivity index (χ4v) is 1.03. The Labute approximate surface area is 87.7 Å². The van der Waals surface area contributed by atoms with E-state index in [9.17, 15) is 9.90 Å². The van der Waals surface area contributed by atoms with Crippen LogP contribution in [-0.2, 0) is 4.74 Å². The summed E-state index contributed by atoms with van der Waals surface area (Å²) in [4.78, 5) is 11.2. The van der Waals surface area contributed by atoms with Crippen molar-refractivity contribution in [3.63, 3.8) is 0 Å². The first-order valence-electron chi connectivity index (χ1n) is 4.34. The van der Waals surface area contributed by atoms with Gasteiger partial charge in [-0.3, -0.25) is 0 Å². The molecule has 1 N–H and O–H groups in total. The Bertz CT molecular complexity index is 371. The van der Waals surface area contributed by atoms with Crippen LogP contribution in [0.25, 0.3) is 0 Å². The van der Waals surface area contributed by atoms with E-state index in [0.717, 1.165) is 0 Å². The summed E-state index contributed by atoms with van der Waals surface area (Å²) in [5.41, 5.74) is 0.0825. The molecule has 0 saturated carbocycles. The monoisotopic (exact) mass is 208 g/mol. The van der Waals surface area contributed by atoms with Gasteiger partial charge in [0.25, 0.3) is 0 Å². The van der Waals surface area contributed by atoms with Gasteiger partial charge in [-0.05, 0) is 18.2 Å². The summed E-state index contributed by atoms with van der Waals surface area (Å²) in [6.45, 7) is 3.84. The highest BCUT2D eigenvalue weighted by atomic mass is 16.5. The summed E-state index contributed by atoms with van der Waals surface area (Å²) in [5, 5.41) is 9.39. The maximum absolute atomic E-state index is 11.2. The Morgan fingerprint density at radius 1 is 1.60 bits per heavy atom. The van der Waals surface area contributed by atoms with E-state index in [1.54, 1.807) is 12.1 Å². The number of hydrogen-bond donors (Lipinski definition) is 1. The third-order valence-electron chi connectivity index (χ3n) is 1.74. The molecule has 0 spiro atoms. The van der Waals surface area contributed by atoms with Crippen LogP contribution in [0.3, 0.4) is 0 Å². The van der Waals surface area contributed by atoms with Gasteiger partial charge in [0.1, 0.15) is 23.7 Å². The van der Waals surface area contributed by atoms with Gasteiger partial charge in [0.05, 0.1) is 7.11 Å². The summed E-state index contributed by atoms with van der Waals surface area (Å²) in [6.07, 6.45) is 1.59. The lowest BCUT2D eigenvalue weighted by atomic mass is 10.2. The fraction of sp³-hybridized carbons (Fsp3) is 0.182. The highest BCUT2D eigenvalue weighted by molar-refractivity contribution is 5.92. The Morgan fingerprint density at radius 3 is 2.93 bits per heavy atom. The lowest BCUT2D eigenvalue weighted by Crippen LogP contribution is -2.02. The van der Waals surface area contributed by atoms with E-state index < -0.39 is 5.97 Å². The maximum atomic E-state index is 11.2. The first-order chi connectivity index (χ1) is 7.19. The second-order valence-electron chi connectivity index (χ2n) is 2.77. The molecule has 0 aliphatic heterocycles. The molecule has 0 aromatic heterocycles. The number of phenols is 1. The number of hydrogen-bond acceptors (Lipinski definition) is 4. The molecular weight excluding hydrogens is 196 g/mol. The predicted molar refractivity (Wildman–Crippen MR) is 55.1 cm³/mol. The quantitative estimate of drug-likeness (QED) is 0.605. The highest BCUT2D eigenvalue weighted by Crippen LogP contribution is 2.23. The molecule has 15 heavy (non-hydrogen) atoms. The number of rotatable bonds is 4. The molecule has 0 unspecified atom stereocenters. The predicted octanol–water partition coefficient (Wildman–Crippen LogP) is 1.74. The number of esters is 1. The molecule has 0 saturated heterocycles. The first kappa shape index (κ1) is 11.1. The van der Waals surface area contributed by atoms with Gasteiger partial charge in [0, 0.05) is 0 Å². The Morgan fingerprint density at radius 2 is 2.33 bits per heavy atom. The van der Waals surface area contributed by atoms with Gasteiger partial charge >= 0.3 is 5.97 Å². The molecule has 1 aromatic carbocycles. The Hall–Kier alpha value is -1.97. The molecule has 0 aliphatic rings.